The van der Waals surface area contributed by atoms with Gasteiger partial charge in [0, 0.05) is 28.2 Å². The van der Waals surface area contributed by atoms with E-state index in [-0.39, 0.29) is 28.5 Å². The molecular formula is C37H36F6N8O6. The number of aromatic nitrogens is 2. The van der Waals surface area contributed by atoms with Gasteiger partial charge in [0.25, 0.3) is 11.8 Å². The van der Waals surface area contributed by atoms with E-state index >= 15 is 0 Å². The second-order valence-corrected chi connectivity index (χ2v) is 11.9. The van der Waals surface area contributed by atoms with Crippen LogP contribution in [-0.4, -0.2) is 63.4 Å². The number of alkyl halides is 6. The van der Waals surface area contributed by atoms with Crippen molar-refractivity contribution in [1.82, 2.24) is 15.3 Å². The lowest BCUT2D eigenvalue weighted by Gasteiger charge is -2.18. The van der Waals surface area contributed by atoms with Crippen molar-refractivity contribution in [2.24, 2.45) is 5.73 Å². The van der Waals surface area contributed by atoms with Crippen molar-refractivity contribution in [3.8, 4) is 0 Å². The van der Waals surface area contributed by atoms with Gasteiger partial charge >= 0.3 is 18.3 Å². The first kappa shape index (κ1) is 44.6. The SMILES string of the molecule is C=CC(=O)N[C@@H](CCCCN)C(=O)Nc1cccc(Nc2ncc(NC(=O)c3cc(NC(=O)c4cccc(C(F)(F)F)c4)ccc3C)cn2)c1.O=C(O)C(F)(F)F. The average molecular weight is 803 g/mol. The zero-order valence-electron chi connectivity index (χ0n) is 29.9. The van der Waals surface area contributed by atoms with Gasteiger partial charge in [0.2, 0.25) is 17.8 Å². The summed E-state index contributed by atoms with van der Waals surface area (Å²) in [5.41, 5.74) is 6.68. The minimum atomic E-state index is -5.08. The maximum atomic E-state index is 13.1. The molecule has 1 heterocycles. The van der Waals surface area contributed by atoms with E-state index in [0.29, 0.717) is 42.7 Å². The molecule has 0 radical (unpaired) electrons. The largest absolute Gasteiger partial charge is 0.490 e. The van der Waals surface area contributed by atoms with Gasteiger partial charge in [-0.1, -0.05) is 24.8 Å². The molecule has 0 aliphatic heterocycles. The Hall–Kier alpha value is -6.83. The molecule has 4 rings (SSSR count). The van der Waals surface area contributed by atoms with E-state index in [0.717, 1.165) is 24.3 Å². The Bertz CT molecular complexity index is 2080. The lowest BCUT2D eigenvalue weighted by Crippen LogP contribution is -2.43. The van der Waals surface area contributed by atoms with Crippen molar-refractivity contribution in [2.75, 3.05) is 27.8 Å². The topological polar surface area (TPSA) is 218 Å². The fraction of sp³-hybridized carbons (Fsp3) is 0.216. The summed E-state index contributed by atoms with van der Waals surface area (Å²) in [5.74, 6) is -4.72. The van der Waals surface area contributed by atoms with Crippen LogP contribution in [0.3, 0.4) is 0 Å². The van der Waals surface area contributed by atoms with Crippen LogP contribution >= 0.6 is 0 Å². The van der Waals surface area contributed by atoms with Gasteiger partial charge < -0.3 is 37.4 Å². The molecule has 57 heavy (non-hydrogen) atoms. The molecule has 0 spiro atoms. The number of carbonyl (C=O) groups is 5. The Morgan fingerprint density at radius 2 is 1.42 bits per heavy atom. The van der Waals surface area contributed by atoms with Gasteiger partial charge in [-0.25, -0.2) is 14.8 Å². The quantitative estimate of drug-likeness (QED) is 0.0422. The molecule has 0 aliphatic rings. The zero-order chi connectivity index (χ0) is 42.3. The Morgan fingerprint density at radius 3 is 2.04 bits per heavy atom. The molecule has 0 fully saturated rings. The highest BCUT2D eigenvalue weighted by atomic mass is 19.4. The highest BCUT2D eigenvalue weighted by Gasteiger charge is 2.38. The lowest BCUT2D eigenvalue weighted by atomic mass is 10.1. The third kappa shape index (κ3) is 14.4. The van der Waals surface area contributed by atoms with E-state index in [1.807, 2.05) is 0 Å². The minimum absolute atomic E-state index is 0.189. The van der Waals surface area contributed by atoms with Crippen LogP contribution in [0.25, 0.3) is 0 Å². The molecule has 0 unspecified atom stereocenters. The van der Waals surface area contributed by atoms with Gasteiger partial charge in [-0.3, -0.25) is 19.2 Å². The number of aliphatic carboxylic acids is 1. The van der Waals surface area contributed by atoms with Gasteiger partial charge in [-0.15, -0.1) is 0 Å². The number of nitrogens with one attached hydrogen (secondary N) is 5. The number of hydrogen-bond donors (Lipinski definition) is 7. The van der Waals surface area contributed by atoms with Crippen LogP contribution in [0.5, 0.6) is 0 Å². The summed E-state index contributed by atoms with van der Waals surface area (Å²) in [6.07, 6.45) is -4.07. The van der Waals surface area contributed by atoms with E-state index in [4.69, 9.17) is 15.6 Å². The number of unbranched alkanes of at least 4 members (excludes halogenated alkanes) is 1. The summed E-state index contributed by atoms with van der Waals surface area (Å²) in [4.78, 5) is 67.9. The number of rotatable bonds is 14. The molecular weight excluding hydrogens is 766 g/mol. The normalized spacial score (nSPS) is 11.5. The fourth-order valence-electron chi connectivity index (χ4n) is 4.67. The molecule has 302 valence electrons. The number of nitrogens with zero attached hydrogens (tertiary/aromatic N) is 2. The van der Waals surface area contributed by atoms with Crippen molar-refractivity contribution in [3.63, 3.8) is 0 Å². The predicted molar refractivity (Wildman–Crippen MR) is 198 cm³/mol. The summed E-state index contributed by atoms with van der Waals surface area (Å²) >= 11 is 0. The van der Waals surface area contributed by atoms with Crippen LogP contribution in [0, 0.1) is 6.92 Å². The molecule has 3 aromatic carbocycles. The smallest absolute Gasteiger partial charge is 0.475 e. The van der Waals surface area contributed by atoms with Crippen molar-refractivity contribution < 1.29 is 55.4 Å². The van der Waals surface area contributed by atoms with E-state index < -0.39 is 53.6 Å². The molecule has 0 bridgehead atoms. The van der Waals surface area contributed by atoms with Crippen molar-refractivity contribution in [1.29, 1.82) is 0 Å². The summed E-state index contributed by atoms with van der Waals surface area (Å²) in [6.45, 7) is 5.59. The Kier molecular flexibility index (Phi) is 15.8. The van der Waals surface area contributed by atoms with Gasteiger partial charge in [-0.2, -0.15) is 26.3 Å². The van der Waals surface area contributed by atoms with Gasteiger partial charge in [0.05, 0.1) is 23.6 Å². The van der Waals surface area contributed by atoms with E-state index in [2.05, 4.69) is 43.1 Å². The van der Waals surface area contributed by atoms with E-state index in [1.165, 1.54) is 30.6 Å². The number of halogens is 6. The van der Waals surface area contributed by atoms with Crippen LogP contribution in [0.1, 0.15) is 51.1 Å². The molecule has 0 saturated carbocycles. The maximum absolute atomic E-state index is 13.1. The minimum Gasteiger partial charge on any atom is -0.475 e. The number of anilines is 5. The molecule has 4 amide bonds. The Labute approximate surface area is 321 Å². The number of nitrogens with two attached hydrogens (primary N) is 1. The van der Waals surface area contributed by atoms with Crippen LogP contribution in [0.4, 0.5) is 55.0 Å². The van der Waals surface area contributed by atoms with E-state index in [9.17, 15) is 45.5 Å². The second-order valence-electron chi connectivity index (χ2n) is 11.9. The summed E-state index contributed by atoms with van der Waals surface area (Å²) in [7, 11) is 0. The predicted octanol–water partition coefficient (Wildman–Crippen LogP) is 6.42. The third-order valence-corrected chi connectivity index (χ3v) is 7.50. The number of hydrogen-bond acceptors (Lipinski definition) is 9. The molecule has 1 aromatic heterocycles. The fourth-order valence-corrected chi connectivity index (χ4v) is 4.67. The molecule has 1 atom stereocenters. The van der Waals surface area contributed by atoms with Gasteiger partial charge in [-0.05, 0) is 92.9 Å². The van der Waals surface area contributed by atoms with Crippen LogP contribution in [0.15, 0.2) is 91.8 Å². The number of aryl methyl sites for hydroxylation is 1. The van der Waals surface area contributed by atoms with Crippen LogP contribution in [0.2, 0.25) is 0 Å². The Morgan fingerprint density at radius 1 is 0.807 bits per heavy atom. The van der Waals surface area contributed by atoms with Gasteiger partial charge in [0.1, 0.15) is 6.04 Å². The monoisotopic (exact) mass is 802 g/mol. The molecule has 14 nitrogen and oxygen atoms in total. The highest BCUT2D eigenvalue weighted by Crippen LogP contribution is 2.30. The average Bonchev–Trinajstić information content (AvgIpc) is 3.15. The summed E-state index contributed by atoms with van der Waals surface area (Å²) < 4.78 is 71.0. The van der Waals surface area contributed by atoms with Crippen LogP contribution in [-0.2, 0) is 20.6 Å². The number of benzene rings is 3. The second kappa shape index (κ2) is 20.2. The van der Waals surface area contributed by atoms with Gasteiger partial charge in [0.15, 0.2) is 0 Å². The van der Waals surface area contributed by atoms with E-state index in [1.54, 1.807) is 37.3 Å². The lowest BCUT2D eigenvalue weighted by molar-refractivity contribution is -0.192. The Balaban J connectivity index is 0.00000113. The first-order valence-corrected chi connectivity index (χ1v) is 16.6. The zero-order valence-corrected chi connectivity index (χ0v) is 29.9. The van der Waals surface area contributed by atoms with Crippen LogP contribution < -0.4 is 32.3 Å². The van der Waals surface area contributed by atoms with Crippen molar-refractivity contribution in [2.45, 2.75) is 44.6 Å². The third-order valence-electron chi connectivity index (χ3n) is 7.50. The number of amides is 4. The first-order valence-electron chi connectivity index (χ1n) is 16.6. The highest BCUT2D eigenvalue weighted by molar-refractivity contribution is 6.08. The number of carboxylic acid groups (broad SMARTS) is 1. The molecule has 20 heteroatoms. The molecule has 8 N–H and O–H groups in total. The maximum Gasteiger partial charge on any atom is 0.490 e. The van der Waals surface area contributed by atoms with Crippen molar-refractivity contribution >= 4 is 58.3 Å². The molecule has 0 aliphatic carbocycles. The summed E-state index contributed by atoms with van der Waals surface area (Å²) in [5, 5.41) is 20.8. The summed E-state index contributed by atoms with van der Waals surface area (Å²) in [6, 6.07) is 14.6. The number of carbonyl (C=O) groups excluding carboxylic acids is 4. The molecule has 0 saturated heterocycles. The first-order chi connectivity index (χ1) is 26.8. The number of carboxylic acids is 1. The van der Waals surface area contributed by atoms with Crippen molar-refractivity contribution in [3.05, 3.63) is 114 Å². The molecule has 4 aromatic rings. The standard InChI is InChI=1S/C35H35F3N8O4.C2HF3O2/c1-3-30(47)46-29(12-4-5-15-39)33(50)43-24-10-7-11-25(17-24)45-34-40-19-27(20-41-34)44-32(49)28-18-26(14-13-21(28)2)42-31(48)22-8-6-9-23(16-22)35(36,37)38;3-2(4,5)1(6)7/h3,6-11,13-14,16-20,29H,1,4-5,12,15,39H2,2H3,(H,42,48)(H,43,50)(H,44,49)(H,46,47)(H,40,41,45);(H,6,7)/t29-;/m0./s1.